The summed E-state index contributed by atoms with van der Waals surface area (Å²) < 4.78 is 11.8. The maximum Gasteiger partial charge on any atom is 0.337 e. The predicted molar refractivity (Wildman–Crippen MR) is 159 cm³/mol. The van der Waals surface area contributed by atoms with Crippen LogP contribution in [0, 0.1) is 91.2 Å². The molecule has 0 N–H and O–H groups in total. The van der Waals surface area contributed by atoms with Crippen molar-refractivity contribution in [2.75, 3.05) is 0 Å². The molecule has 0 aromatic heterocycles. The summed E-state index contributed by atoms with van der Waals surface area (Å²) >= 11 is 6.82. The number of nitriles is 6. The first-order chi connectivity index (χ1) is 20.1. The Morgan fingerprint density at radius 3 is 2.05 bits per heavy atom. The summed E-state index contributed by atoms with van der Waals surface area (Å²) in [4.78, 5) is 0. The zero-order valence-electron chi connectivity index (χ0n) is 25.1. The van der Waals surface area contributed by atoms with Crippen molar-refractivity contribution >= 4 is 11.6 Å². The summed E-state index contributed by atoms with van der Waals surface area (Å²) in [5.74, 6) is -0.325. The molecule has 9 heteroatoms. The van der Waals surface area contributed by atoms with E-state index in [0.29, 0.717) is 22.6 Å². The van der Waals surface area contributed by atoms with Crippen LogP contribution in [-0.4, -0.2) is 11.2 Å². The van der Waals surface area contributed by atoms with Crippen molar-refractivity contribution in [3.63, 3.8) is 0 Å². The van der Waals surface area contributed by atoms with Crippen molar-refractivity contribution in [2.24, 2.45) is 17.3 Å². The molecule has 0 saturated carbocycles. The van der Waals surface area contributed by atoms with Gasteiger partial charge in [-0.3, -0.25) is 0 Å². The topological polar surface area (TPSA) is 161 Å². The Labute approximate surface area is 258 Å². The number of allylic oxidation sites excluding steroid dienone is 9. The van der Waals surface area contributed by atoms with Crippen molar-refractivity contribution in [2.45, 2.75) is 66.1 Å². The number of hydrogen-bond acceptors (Lipinski definition) is 8. The summed E-state index contributed by atoms with van der Waals surface area (Å²) in [6.45, 7) is 13.5. The maximum atomic E-state index is 9.89. The van der Waals surface area contributed by atoms with Gasteiger partial charge < -0.3 is 9.47 Å². The molecule has 214 valence electrons. The molecular formula is C34H30ClN6O2+. The third-order valence-electron chi connectivity index (χ3n) is 7.73. The molecule has 0 aromatic rings. The van der Waals surface area contributed by atoms with Gasteiger partial charge in [-0.25, -0.2) is 0 Å². The second kappa shape index (κ2) is 12.0. The first kappa shape index (κ1) is 32.4. The van der Waals surface area contributed by atoms with E-state index < -0.39 is 11.2 Å². The van der Waals surface area contributed by atoms with E-state index in [9.17, 15) is 31.6 Å². The highest BCUT2D eigenvalue weighted by atomic mass is 35.5. The molecule has 0 fully saturated rings. The molecule has 0 saturated heterocycles. The molecule has 3 rings (SSSR count). The van der Waals surface area contributed by atoms with Crippen molar-refractivity contribution in [3.8, 4) is 36.4 Å². The second-order valence-corrected chi connectivity index (χ2v) is 12.8. The van der Waals surface area contributed by atoms with Crippen LogP contribution >= 0.6 is 11.6 Å². The molecule has 0 amide bonds. The predicted octanol–water partition coefficient (Wildman–Crippen LogP) is 7.34. The van der Waals surface area contributed by atoms with E-state index in [-0.39, 0.29) is 51.4 Å². The normalized spacial score (nSPS) is 24.2. The minimum absolute atomic E-state index is 0.0120. The van der Waals surface area contributed by atoms with Crippen LogP contribution < -0.4 is 0 Å². The first-order valence-corrected chi connectivity index (χ1v) is 13.8. The molecule has 3 aliphatic rings. The first-order valence-electron chi connectivity index (χ1n) is 13.5. The Bertz CT molecular complexity index is 1680. The van der Waals surface area contributed by atoms with E-state index >= 15 is 0 Å². The summed E-state index contributed by atoms with van der Waals surface area (Å²) in [5, 5.41) is 57.7. The van der Waals surface area contributed by atoms with E-state index in [1.54, 1.807) is 58.0 Å². The largest absolute Gasteiger partial charge is 0.480 e. The van der Waals surface area contributed by atoms with E-state index in [0.717, 1.165) is 5.57 Å². The highest BCUT2D eigenvalue weighted by Gasteiger charge is 2.50. The van der Waals surface area contributed by atoms with Crippen molar-refractivity contribution in [1.82, 2.24) is 0 Å². The minimum atomic E-state index is -0.942. The lowest BCUT2D eigenvalue weighted by Crippen LogP contribution is -2.30. The lowest BCUT2D eigenvalue weighted by atomic mass is 9.67. The summed E-state index contributed by atoms with van der Waals surface area (Å²) in [7, 11) is 0. The fourth-order valence-corrected chi connectivity index (χ4v) is 5.72. The van der Waals surface area contributed by atoms with Crippen LogP contribution in [-0.2, 0) is 9.47 Å². The lowest BCUT2D eigenvalue weighted by Gasteiger charge is -2.38. The molecule has 2 unspecified atom stereocenters. The summed E-state index contributed by atoms with van der Waals surface area (Å²) in [6.07, 6.45) is 9.96. The number of rotatable bonds is 4. The lowest BCUT2D eigenvalue weighted by molar-refractivity contribution is 0.0918. The number of halogens is 1. The van der Waals surface area contributed by atoms with Crippen molar-refractivity contribution < 1.29 is 9.47 Å². The molecular weight excluding hydrogens is 560 g/mol. The van der Waals surface area contributed by atoms with Crippen LogP contribution in [0.3, 0.4) is 0 Å². The molecule has 2 atom stereocenters. The Balaban J connectivity index is 2.10. The van der Waals surface area contributed by atoms with Gasteiger partial charge in [-0.05, 0) is 57.1 Å². The van der Waals surface area contributed by atoms with E-state index in [4.69, 9.17) is 21.1 Å². The van der Waals surface area contributed by atoms with E-state index in [1.807, 2.05) is 24.3 Å². The van der Waals surface area contributed by atoms with Crippen molar-refractivity contribution in [1.29, 1.82) is 31.6 Å². The quantitative estimate of drug-likeness (QED) is 0.243. The van der Waals surface area contributed by atoms with Gasteiger partial charge in [0.2, 0.25) is 23.8 Å². The molecule has 43 heavy (non-hydrogen) atoms. The zero-order valence-corrected chi connectivity index (χ0v) is 25.9. The van der Waals surface area contributed by atoms with Gasteiger partial charge >= 0.3 is 11.7 Å². The van der Waals surface area contributed by atoms with Gasteiger partial charge in [0.25, 0.3) is 0 Å². The van der Waals surface area contributed by atoms with Gasteiger partial charge in [0.05, 0.1) is 0 Å². The van der Waals surface area contributed by atoms with Gasteiger partial charge in [-0.2, -0.15) is 31.6 Å². The van der Waals surface area contributed by atoms with E-state index in [1.165, 1.54) is 0 Å². The molecule has 8 nitrogen and oxygen atoms in total. The molecule has 0 radical (unpaired) electrons. The van der Waals surface area contributed by atoms with Gasteiger partial charge in [0.1, 0.15) is 35.0 Å². The molecule has 0 aromatic carbocycles. The average Bonchev–Trinajstić information content (AvgIpc) is 3.34. The third kappa shape index (κ3) is 6.23. The maximum absolute atomic E-state index is 9.89. The SMILES string of the molecule is CC1(C)OC(=C(C#N)C#N)C(C#N)=C1/C=C/C1C=C(Cl)/C(=C/C=C2/C(C#N)=C([C+](C#N)C#N)OC2(C)C)CC1C(C)(C)C. The highest BCUT2D eigenvalue weighted by Crippen LogP contribution is 2.47. The van der Waals surface area contributed by atoms with Crippen LogP contribution in [0.15, 0.2) is 80.4 Å². The van der Waals surface area contributed by atoms with Gasteiger partial charge in [0, 0.05) is 16.5 Å². The Hall–Kier alpha value is -5.12. The molecule has 0 spiro atoms. The average molecular weight is 590 g/mol. The fourth-order valence-electron chi connectivity index (χ4n) is 5.44. The Morgan fingerprint density at radius 2 is 1.53 bits per heavy atom. The van der Waals surface area contributed by atoms with Gasteiger partial charge in [-0.15, -0.1) is 0 Å². The van der Waals surface area contributed by atoms with Gasteiger partial charge in [0.15, 0.2) is 16.9 Å². The third-order valence-corrected chi connectivity index (χ3v) is 8.10. The minimum Gasteiger partial charge on any atom is -0.480 e. The van der Waals surface area contributed by atoms with Crippen LogP contribution in [0.4, 0.5) is 0 Å². The summed E-state index contributed by atoms with van der Waals surface area (Å²) in [6, 6.07) is 11.4. The molecule has 2 heterocycles. The Kier molecular flexibility index (Phi) is 9.05. The number of ether oxygens (including phenoxy) is 2. The molecule has 0 bridgehead atoms. The van der Waals surface area contributed by atoms with E-state index in [2.05, 4.69) is 32.9 Å². The van der Waals surface area contributed by atoms with Crippen LogP contribution in [0.1, 0.15) is 54.9 Å². The summed E-state index contributed by atoms with van der Waals surface area (Å²) in [5.41, 5.74) is -0.0377. The second-order valence-electron chi connectivity index (χ2n) is 12.4. The fraction of sp³-hybridized carbons (Fsp3) is 0.382. The molecule has 1 aliphatic carbocycles. The smallest absolute Gasteiger partial charge is 0.337 e. The van der Waals surface area contributed by atoms with Gasteiger partial charge in [-0.1, -0.05) is 56.7 Å². The number of hydrogen-bond donors (Lipinski definition) is 0. The zero-order chi connectivity index (χ0) is 32.3. The Morgan fingerprint density at radius 1 is 0.930 bits per heavy atom. The number of nitrogens with zero attached hydrogens (tertiary/aromatic N) is 6. The van der Waals surface area contributed by atoms with Crippen molar-refractivity contribution in [3.05, 3.63) is 86.3 Å². The van der Waals surface area contributed by atoms with Crippen LogP contribution in [0.5, 0.6) is 0 Å². The van der Waals surface area contributed by atoms with Crippen LogP contribution in [0.2, 0.25) is 0 Å². The van der Waals surface area contributed by atoms with Crippen LogP contribution in [0.25, 0.3) is 0 Å². The standard InChI is InChI=1S/C34H30ClN6O2/c1-32(2,3)28-12-21(9-11-27-25(19-41)31(23(16-38)17-39)43-34(27,6)7)29(35)13-20(28)8-10-26-24(18-40)30(22(14-36)15-37)42-33(26,4)5/h8-11,13,20,28H,12H2,1-7H3/q+1/b10-8+,21-9+,27-11-. The highest BCUT2D eigenvalue weighted by molar-refractivity contribution is 6.32. The molecule has 2 aliphatic heterocycles. The monoisotopic (exact) mass is 589 g/mol.